The topological polar surface area (TPSA) is 55.4 Å². The van der Waals surface area contributed by atoms with Gasteiger partial charge in [0.2, 0.25) is 10.0 Å². The lowest BCUT2D eigenvalue weighted by Gasteiger charge is -2.09. The van der Waals surface area contributed by atoms with Crippen LogP contribution in [0.4, 0.5) is 4.39 Å². The van der Waals surface area contributed by atoms with E-state index in [9.17, 15) is 12.8 Å². The van der Waals surface area contributed by atoms with Crippen molar-refractivity contribution in [2.45, 2.75) is 25.5 Å². The van der Waals surface area contributed by atoms with Crippen molar-refractivity contribution in [1.82, 2.24) is 4.72 Å². The number of hydrogen-bond donors (Lipinski definition) is 1. The number of ether oxygens (including phenoxy) is 1. The Labute approximate surface area is 142 Å². The predicted octanol–water partition coefficient (Wildman–Crippen LogP) is 3.28. The fraction of sp³-hybridized carbons (Fsp3) is 0.333. The summed E-state index contributed by atoms with van der Waals surface area (Å²) in [6.07, 6.45) is 2.12. The quantitative estimate of drug-likeness (QED) is 0.706. The third-order valence-corrected chi connectivity index (χ3v) is 4.78. The smallest absolute Gasteiger partial charge is 0.215 e. The fourth-order valence-corrected chi connectivity index (χ4v) is 3.39. The van der Waals surface area contributed by atoms with Gasteiger partial charge in [-0.3, -0.25) is 0 Å². The molecule has 0 bridgehead atoms. The Morgan fingerprint density at radius 2 is 1.62 bits per heavy atom. The number of aryl methyl sites for hydroxylation is 1. The van der Waals surface area contributed by atoms with Gasteiger partial charge in [-0.05, 0) is 41.8 Å². The highest BCUT2D eigenvalue weighted by Crippen LogP contribution is 2.13. The summed E-state index contributed by atoms with van der Waals surface area (Å²) in [5, 5.41) is 0. The highest BCUT2D eigenvalue weighted by Gasteiger charge is 2.11. The first kappa shape index (κ1) is 18.4. The van der Waals surface area contributed by atoms with Crippen LogP contribution in [0, 0.1) is 5.82 Å². The highest BCUT2D eigenvalue weighted by molar-refractivity contribution is 7.88. The van der Waals surface area contributed by atoms with Gasteiger partial charge in [-0.25, -0.2) is 17.5 Å². The second-order valence-electron chi connectivity index (χ2n) is 5.52. The van der Waals surface area contributed by atoms with E-state index in [4.69, 9.17) is 4.74 Å². The van der Waals surface area contributed by atoms with Crippen molar-refractivity contribution >= 4 is 10.0 Å². The zero-order valence-electron chi connectivity index (χ0n) is 13.7. The molecule has 0 spiro atoms. The van der Waals surface area contributed by atoms with Crippen molar-refractivity contribution < 1.29 is 17.5 Å². The minimum atomic E-state index is -3.47. The Bertz CT molecular complexity index is 728. The molecule has 0 amide bonds. The van der Waals surface area contributed by atoms with Crippen molar-refractivity contribution in [3.8, 4) is 5.75 Å². The van der Waals surface area contributed by atoms with Gasteiger partial charge in [0.15, 0.2) is 0 Å². The van der Waals surface area contributed by atoms with E-state index in [0.717, 1.165) is 12.8 Å². The molecular weight excluding hydrogens is 329 g/mol. The van der Waals surface area contributed by atoms with E-state index in [1.807, 2.05) is 24.3 Å². The average Bonchev–Trinajstić information content (AvgIpc) is 2.55. The van der Waals surface area contributed by atoms with Crippen LogP contribution in [0.1, 0.15) is 24.5 Å². The van der Waals surface area contributed by atoms with Crippen LogP contribution in [0.15, 0.2) is 48.5 Å². The van der Waals surface area contributed by atoms with Crippen molar-refractivity contribution in [2.75, 3.05) is 13.2 Å². The molecule has 0 aliphatic rings. The summed E-state index contributed by atoms with van der Waals surface area (Å²) < 4.78 is 44.7. The standard InChI is InChI=1S/C18H22FNO3S/c1-2-3-15-6-10-18(11-7-15)23-13-12-20-24(21,22)14-16-4-8-17(19)9-5-16/h4-11,20H,2-3,12-14H2,1H3. The van der Waals surface area contributed by atoms with Crippen LogP contribution >= 0.6 is 0 Å². The molecular formula is C18H22FNO3S. The molecule has 0 fully saturated rings. The molecule has 1 N–H and O–H groups in total. The Kier molecular flexibility index (Phi) is 6.75. The number of nitrogens with one attached hydrogen (secondary N) is 1. The Hall–Kier alpha value is -1.92. The van der Waals surface area contributed by atoms with E-state index < -0.39 is 10.0 Å². The summed E-state index contributed by atoms with van der Waals surface area (Å²) in [5.41, 5.74) is 1.79. The molecule has 130 valence electrons. The van der Waals surface area contributed by atoms with E-state index in [2.05, 4.69) is 11.6 Å². The maximum Gasteiger partial charge on any atom is 0.215 e. The summed E-state index contributed by atoms with van der Waals surface area (Å²) in [7, 11) is -3.47. The van der Waals surface area contributed by atoms with Crippen LogP contribution < -0.4 is 9.46 Å². The van der Waals surface area contributed by atoms with Crippen LogP contribution in [0.25, 0.3) is 0 Å². The van der Waals surface area contributed by atoms with Crippen molar-refractivity contribution in [3.63, 3.8) is 0 Å². The van der Waals surface area contributed by atoms with Crippen molar-refractivity contribution in [3.05, 3.63) is 65.5 Å². The van der Waals surface area contributed by atoms with Crippen LogP contribution in [-0.4, -0.2) is 21.6 Å². The molecule has 4 nitrogen and oxygen atoms in total. The maximum absolute atomic E-state index is 12.8. The Morgan fingerprint density at radius 3 is 2.25 bits per heavy atom. The van der Waals surface area contributed by atoms with Crippen LogP contribution in [0.5, 0.6) is 5.75 Å². The molecule has 0 radical (unpaired) electrons. The zero-order chi connectivity index (χ0) is 17.4. The van der Waals surface area contributed by atoms with Crippen molar-refractivity contribution in [1.29, 1.82) is 0 Å². The van der Waals surface area contributed by atoms with Gasteiger partial charge in [0, 0.05) is 6.54 Å². The summed E-state index contributed by atoms with van der Waals surface area (Å²) in [6, 6.07) is 13.2. The molecule has 6 heteroatoms. The number of sulfonamides is 1. The molecule has 2 rings (SSSR count). The third-order valence-electron chi connectivity index (χ3n) is 3.42. The number of benzene rings is 2. The fourth-order valence-electron chi connectivity index (χ4n) is 2.26. The molecule has 2 aromatic rings. The molecule has 0 aromatic heterocycles. The van der Waals surface area contributed by atoms with Crippen LogP contribution in [0.2, 0.25) is 0 Å². The Morgan fingerprint density at radius 1 is 1.00 bits per heavy atom. The maximum atomic E-state index is 12.8. The molecule has 0 saturated carbocycles. The monoisotopic (exact) mass is 351 g/mol. The summed E-state index contributed by atoms with van der Waals surface area (Å²) in [6.45, 7) is 2.55. The van der Waals surface area contributed by atoms with Crippen molar-refractivity contribution in [2.24, 2.45) is 0 Å². The summed E-state index contributed by atoms with van der Waals surface area (Å²) in [5.74, 6) is 0.147. The molecule has 24 heavy (non-hydrogen) atoms. The minimum Gasteiger partial charge on any atom is -0.492 e. The summed E-state index contributed by atoms with van der Waals surface area (Å²) >= 11 is 0. The van der Waals surface area contributed by atoms with Gasteiger partial charge in [0.1, 0.15) is 18.2 Å². The lowest BCUT2D eigenvalue weighted by Crippen LogP contribution is -2.29. The van der Waals surface area contributed by atoms with Gasteiger partial charge in [-0.2, -0.15) is 0 Å². The summed E-state index contributed by atoms with van der Waals surface area (Å²) in [4.78, 5) is 0. The molecule has 0 atom stereocenters. The molecule has 0 saturated heterocycles. The van der Waals surface area contributed by atoms with Gasteiger partial charge in [-0.1, -0.05) is 37.6 Å². The van der Waals surface area contributed by atoms with Crippen LogP contribution in [0.3, 0.4) is 0 Å². The van der Waals surface area contributed by atoms with E-state index in [-0.39, 0.29) is 24.7 Å². The minimum absolute atomic E-state index is 0.181. The van der Waals surface area contributed by atoms with Crippen LogP contribution in [-0.2, 0) is 22.2 Å². The predicted molar refractivity (Wildman–Crippen MR) is 93.0 cm³/mol. The third kappa shape index (κ3) is 6.29. The lowest BCUT2D eigenvalue weighted by molar-refractivity contribution is 0.322. The van der Waals surface area contributed by atoms with Gasteiger partial charge in [0.25, 0.3) is 0 Å². The van der Waals surface area contributed by atoms with E-state index >= 15 is 0 Å². The number of hydrogen-bond acceptors (Lipinski definition) is 3. The average molecular weight is 351 g/mol. The molecule has 0 unspecified atom stereocenters. The number of halogens is 1. The molecule has 0 heterocycles. The zero-order valence-corrected chi connectivity index (χ0v) is 14.5. The largest absolute Gasteiger partial charge is 0.492 e. The first-order valence-electron chi connectivity index (χ1n) is 7.92. The first-order valence-corrected chi connectivity index (χ1v) is 9.57. The SMILES string of the molecule is CCCc1ccc(OCCNS(=O)(=O)Cc2ccc(F)cc2)cc1. The first-order chi connectivity index (χ1) is 11.5. The van der Waals surface area contributed by atoms with E-state index in [0.29, 0.717) is 11.3 Å². The van der Waals surface area contributed by atoms with Gasteiger partial charge in [-0.15, -0.1) is 0 Å². The number of rotatable bonds is 9. The lowest BCUT2D eigenvalue weighted by atomic mass is 10.1. The molecule has 0 aliphatic carbocycles. The highest BCUT2D eigenvalue weighted by atomic mass is 32.2. The van der Waals surface area contributed by atoms with E-state index in [1.165, 1.54) is 29.8 Å². The second kappa shape index (κ2) is 8.80. The van der Waals surface area contributed by atoms with Gasteiger partial charge < -0.3 is 4.74 Å². The van der Waals surface area contributed by atoms with Gasteiger partial charge in [0.05, 0.1) is 5.75 Å². The molecule has 2 aromatic carbocycles. The Balaban J connectivity index is 1.75. The van der Waals surface area contributed by atoms with Gasteiger partial charge >= 0.3 is 0 Å². The van der Waals surface area contributed by atoms with E-state index in [1.54, 1.807) is 0 Å². The molecule has 0 aliphatic heterocycles. The normalized spacial score (nSPS) is 11.4. The second-order valence-corrected chi connectivity index (χ2v) is 7.33.